The molecule has 3 aromatic rings. The van der Waals surface area contributed by atoms with Crippen LogP contribution in [0.2, 0.25) is 0 Å². The van der Waals surface area contributed by atoms with E-state index in [1.54, 1.807) is 23.9 Å². The summed E-state index contributed by atoms with van der Waals surface area (Å²) >= 11 is 1.62. The number of benzene rings is 2. The molecule has 1 saturated heterocycles. The van der Waals surface area contributed by atoms with E-state index in [4.69, 9.17) is 4.52 Å². The van der Waals surface area contributed by atoms with E-state index in [2.05, 4.69) is 20.4 Å². The SMILES string of the molecule is O=C(NCCSCc1ccccc1F)C1CCCN(Cc2nc(-c3ccccc3)no2)C1. The van der Waals surface area contributed by atoms with Crippen molar-refractivity contribution in [1.82, 2.24) is 20.4 Å². The van der Waals surface area contributed by atoms with Crippen LogP contribution in [-0.2, 0) is 17.1 Å². The average molecular weight is 455 g/mol. The van der Waals surface area contributed by atoms with Crippen molar-refractivity contribution in [3.8, 4) is 11.4 Å². The molecule has 1 N–H and O–H groups in total. The van der Waals surface area contributed by atoms with E-state index in [-0.39, 0.29) is 17.6 Å². The van der Waals surface area contributed by atoms with Gasteiger partial charge in [-0.3, -0.25) is 9.69 Å². The number of carbonyl (C=O) groups excluding carboxylic acids is 1. The summed E-state index contributed by atoms with van der Waals surface area (Å²) in [4.78, 5) is 19.3. The minimum Gasteiger partial charge on any atom is -0.355 e. The number of likely N-dealkylation sites (tertiary alicyclic amines) is 1. The van der Waals surface area contributed by atoms with Gasteiger partial charge in [0.05, 0.1) is 12.5 Å². The number of nitrogens with zero attached hydrogens (tertiary/aromatic N) is 3. The summed E-state index contributed by atoms with van der Waals surface area (Å²) < 4.78 is 19.1. The Morgan fingerprint density at radius 3 is 2.84 bits per heavy atom. The van der Waals surface area contributed by atoms with Crippen LogP contribution < -0.4 is 5.32 Å². The first-order valence-corrected chi connectivity index (χ1v) is 12.0. The number of hydrogen-bond donors (Lipinski definition) is 1. The highest BCUT2D eigenvalue weighted by Gasteiger charge is 2.26. The highest BCUT2D eigenvalue weighted by Crippen LogP contribution is 2.20. The Kier molecular flexibility index (Phi) is 7.90. The van der Waals surface area contributed by atoms with Crippen molar-refractivity contribution in [3.05, 3.63) is 71.9 Å². The first kappa shape index (κ1) is 22.5. The number of piperidine rings is 1. The molecule has 0 spiro atoms. The Bertz CT molecular complexity index is 1010. The third-order valence-corrected chi connectivity index (χ3v) is 6.50. The fraction of sp³-hybridized carbons (Fsp3) is 0.375. The molecule has 6 nitrogen and oxygen atoms in total. The molecule has 8 heteroatoms. The molecule has 4 rings (SSSR count). The van der Waals surface area contributed by atoms with Gasteiger partial charge in [0.1, 0.15) is 5.82 Å². The van der Waals surface area contributed by atoms with Crippen LogP contribution in [0.3, 0.4) is 0 Å². The number of thioether (sulfide) groups is 1. The van der Waals surface area contributed by atoms with Crippen LogP contribution in [0, 0.1) is 11.7 Å². The summed E-state index contributed by atoms with van der Waals surface area (Å²) in [5.74, 6) is 2.36. The zero-order chi connectivity index (χ0) is 22.2. The molecule has 1 unspecified atom stereocenters. The monoisotopic (exact) mass is 454 g/mol. The number of hydrogen-bond acceptors (Lipinski definition) is 6. The lowest BCUT2D eigenvalue weighted by Gasteiger charge is -2.30. The van der Waals surface area contributed by atoms with E-state index in [1.165, 1.54) is 6.07 Å². The Balaban J connectivity index is 1.19. The smallest absolute Gasteiger partial charge is 0.241 e. The normalized spacial score (nSPS) is 16.7. The van der Waals surface area contributed by atoms with Gasteiger partial charge in [0.2, 0.25) is 17.6 Å². The molecule has 0 saturated carbocycles. The fourth-order valence-corrected chi connectivity index (χ4v) is 4.66. The van der Waals surface area contributed by atoms with Gasteiger partial charge < -0.3 is 9.84 Å². The lowest BCUT2D eigenvalue weighted by atomic mass is 9.97. The molecule has 0 bridgehead atoms. The number of rotatable bonds is 9. The largest absolute Gasteiger partial charge is 0.355 e. The van der Waals surface area contributed by atoms with Gasteiger partial charge in [-0.2, -0.15) is 16.7 Å². The van der Waals surface area contributed by atoms with Crippen LogP contribution in [0.25, 0.3) is 11.4 Å². The molecule has 1 aliphatic heterocycles. The first-order chi connectivity index (χ1) is 15.7. The average Bonchev–Trinajstić information content (AvgIpc) is 3.29. The molecule has 168 valence electrons. The maximum atomic E-state index is 13.6. The number of aromatic nitrogens is 2. The van der Waals surface area contributed by atoms with E-state index in [9.17, 15) is 9.18 Å². The molecule has 0 radical (unpaired) electrons. The molecule has 32 heavy (non-hydrogen) atoms. The second-order valence-corrected chi connectivity index (χ2v) is 8.99. The molecule has 1 aromatic heterocycles. The van der Waals surface area contributed by atoms with Crippen molar-refractivity contribution in [2.24, 2.45) is 5.92 Å². The van der Waals surface area contributed by atoms with Crippen LogP contribution >= 0.6 is 11.8 Å². The first-order valence-electron chi connectivity index (χ1n) is 10.9. The van der Waals surface area contributed by atoms with E-state index >= 15 is 0 Å². The van der Waals surface area contributed by atoms with Gasteiger partial charge in [-0.05, 0) is 31.0 Å². The standard InChI is InChI=1S/C24H27FN4O2S/c25-21-11-5-4-9-20(21)17-32-14-12-26-24(30)19-10-6-13-29(15-19)16-22-27-23(28-31-22)18-7-2-1-3-8-18/h1-5,7-9,11,19H,6,10,12-17H2,(H,26,30). The third-order valence-electron chi connectivity index (χ3n) is 5.50. The van der Waals surface area contributed by atoms with Gasteiger partial charge in [0, 0.05) is 30.2 Å². The molecule has 2 aromatic carbocycles. The van der Waals surface area contributed by atoms with Gasteiger partial charge in [-0.25, -0.2) is 4.39 Å². The Labute approximate surface area is 191 Å². The second-order valence-electron chi connectivity index (χ2n) is 7.89. The van der Waals surface area contributed by atoms with Gasteiger partial charge in [-0.1, -0.05) is 53.7 Å². The van der Waals surface area contributed by atoms with Crippen LogP contribution in [0.4, 0.5) is 4.39 Å². The minimum atomic E-state index is -0.177. The van der Waals surface area contributed by atoms with Crippen LogP contribution in [-0.4, -0.2) is 46.3 Å². The zero-order valence-corrected chi connectivity index (χ0v) is 18.7. The van der Waals surface area contributed by atoms with E-state index < -0.39 is 0 Å². The third kappa shape index (κ3) is 6.17. The van der Waals surface area contributed by atoms with Crippen molar-refractivity contribution in [2.45, 2.75) is 25.1 Å². The Morgan fingerprint density at radius 2 is 2.00 bits per heavy atom. The summed E-state index contributed by atoms with van der Waals surface area (Å²) in [5.41, 5.74) is 1.62. The quantitative estimate of drug-likeness (QED) is 0.490. The van der Waals surface area contributed by atoms with Crippen LogP contribution in [0.1, 0.15) is 24.3 Å². The molecule has 1 atom stereocenters. The van der Waals surface area contributed by atoms with E-state index in [0.29, 0.717) is 42.7 Å². The topological polar surface area (TPSA) is 71.3 Å². The highest BCUT2D eigenvalue weighted by atomic mass is 32.2. The van der Waals surface area contributed by atoms with Gasteiger partial charge in [-0.15, -0.1) is 0 Å². The molecular formula is C24H27FN4O2S. The number of carbonyl (C=O) groups is 1. The predicted octanol–water partition coefficient (Wildman–Crippen LogP) is 4.14. The lowest BCUT2D eigenvalue weighted by Crippen LogP contribution is -2.43. The highest BCUT2D eigenvalue weighted by molar-refractivity contribution is 7.98. The molecule has 1 aliphatic rings. The van der Waals surface area contributed by atoms with Crippen LogP contribution in [0.5, 0.6) is 0 Å². The number of nitrogens with one attached hydrogen (secondary N) is 1. The maximum absolute atomic E-state index is 13.6. The van der Waals surface area contributed by atoms with E-state index in [0.717, 1.165) is 30.7 Å². The molecule has 0 aliphatic carbocycles. The Morgan fingerprint density at radius 1 is 1.19 bits per heavy atom. The molecule has 1 fully saturated rings. The summed E-state index contributed by atoms with van der Waals surface area (Å²) in [6.45, 7) is 2.71. The molecule has 1 amide bonds. The van der Waals surface area contributed by atoms with Gasteiger partial charge in [0.25, 0.3) is 0 Å². The molecule has 2 heterocycles. The van der Waals surface area contributed by atoms with E-state index in [1.807, 2.05) is 36.4 Å². The lowest BCUT2D eigenvalue weighted by molar-refractivity contribution is -0.126. The molecular weight excluding hydrogens is 427 g/mol. The number of amides is 1. The summed E-state index contributed by atoms with van der Waals surface area (Å²) in [6, 6.07) is 16.5. The van der Waals surface area contributed by atoms with Gasteiger partial charge >= 0.3 is 0 Å². The van der Waals surface area contributed by atoms with Crippen molar-refractivity contribution in [3.63, 3.8) is 0 Å². The van der Waals surface area contributed by atoms with Crippen molar-refractivity contribution in [2.75, 3.05) is 25.4 Å². The predicted molar refractivity (Wildman–Crippen MR) is 123 cm³/mol. The van der Waals surface area contributed by atoms with Crippen molar-refractivity contribution >= 4 is 17.7 Å². The number of halogens is 1. The minimum absolute atomic E-state index is 0.0446. The fourth-order valence-electron chi connectivity index (χ4n) is 3.82. The summed E-state index contributed by atoms with van der Waals surface area (Å²) in [5, 5.41) is 7.11. The zero-order valence-electron chi connectivity index (χ0n) is 17.9. The summed E-state index contributed by atoms with van der Waals surface area (Å²) in [6.07, 6.45) is 1.84. The van der Waals surface area contributed by atoms with Crippen molar-refractivity contribution in [1.29, 1.82) is 0 Å². The van der Waals surface area contributed by atoms with Gasteiger partial charge in [0.15, 0.2) is 0 Å². The van der Waals surface area contributed by atoms with Crippen LogP contribution in [0.15, 0.2) is 59.1 Å². The Hall–Kier alpha value is -2.71. The van der Waals surface area contributed by atoms with Crippen molar-refractivity contribution < 1.29 is 13.7 Å². The summed E-state index contributed by atoms with van der Waals surface area (Å²) in [7, 11) is 0. The second kappa shape index (κ2) is 11.2. The maximum Gasteiger partial charge on any atom is 0.241 e.